The van der Waals surface area contributed by atoms with Crippen molar-refractivity contribution in [3.63, 3.8) is 0 Å². The van der Waals surface area contributed by atoms with Gasteiger partial charge in [0.2, 0.25) is 0 Å². The van der Waals surface area contributed by atoms with E-state index >= 15 is 0 Å². The van der Waals surface area contributed by atoms with Crippen LogP contribution in [-0.2, 0) is 0 Å². The fourth-order valence-electron chi connectivity index (χ4n) is 1.37. The molecule has 0 fully saturated rings. The van der Waals surface area contributed by atoms with Crippen LogP contribution in [0.15, 0.2) is 23.4 Å². The molecule has 70 valence electrons. The standard InChI is InChI=1S/C10H10N4/c1-8-4-5-13-14(8)10-3-2-9(6-11)7-12-10/h2-3,5,7-8H,4H2,1H3. The topological polar surface area (TPSA) is 52.3 Å². The van der Waals surface area contributed by atoms with Crippen LogP contribution in [-0.4, -0.2) is 17.2 Å². The van der Waals surface area contributed by atoms with Crippen LogP contribution in [0.5, 0.6) is 0 Å². The Hall–Kier alpha value is -1.89. The van der Waals surface area contributed by atoms with Gasteiger partial charge in [0.25, 0.3) is 0 Å². The molecule has 0 aliphatic carbocycles. The van der Waals surface area contributed by atoms with E-state index in [0.717, 1.165) is 12.2 Å². The second-order valence-electron chi connectivity index (χ2n) is 3.24. The molecule has 1 unspecified atom stereocenters. The summed E-state index contributed by atoms with van der Waals surface area (Å²) in [5, 5.41) is 14.7. The van der Waals surface area contributed by atoms with E-state index in [0.29, 0.717) is 11.6 Å². The van der Waals surface area contributed by atoms with Gasteiger partial charge in [0, 0.05) is 18.8 Å². The molecule has 0 bridgehead atoms. The monoisotopic (exact) mass is 186 g/mol. The number of hydrazone groups is 1. The quantitative estimate of drug-likeness (QED) is 0.668. The summed E-state index contributed by atoms with van der Waals surface area (Å²) in [6.07, 6.45) is 4.39. The molecule has 0 radical (unpaired) electrons. The Morgan fingerprint density at radius 3 is 2.93 bits per heavy atom. The van der Waals surface area contributed by atoms with Gasteiger partial charge in [0.05, 0.1) is 11.6 Å². The molecule has 0 saturated heterocycles. The zero-order valence-electron chi connectivity index (χ0n) is 7.88. The maximum absolute atomic E-state index is 8.61. The molecule has 4 heteroatoms. The predicted molar refractivity (Wildman–Crippen MR) is 54.0 cm³/mol. The molecule has 0 saturated carbocycles. The van der Waals surface area contributed by atoms with E-state index in [1.54, 1.807) is 12.3 Å². The van der Waals surface area contributed by atoms with Crippen molar-refractivity contribution in [1.82, 2.24) is 4.98 Å². The Morgan fingerprint density at radius 2 is 2.43 bits per heavy atom. The average Bonchev–Trinajstić information content (AvgIpc) is 2.65. The summed E-state index contributed by atoms with van der Waals surface area (Å²) in [6.45, 7) is 2.09. The predicted octanol–water partition coefficient (Wildman–Crippen LogP) is 1.54. The first kappa shape index (κ1) is 8.70. The molecule has 1 atom stereocenters. The van der Waals surface area contributed by atoms with Crippen molar-refractivity contribution in [2.75, 3.05) is 5.01 Å². The normalized spacial score (nSPS) is 19.7. The molecule has 1 aromatic rings. The van der Waals surface area contributed by atoms with E-state index in [-0.39, 0.29) is 0 Å². The van der Waals surface area contributed by atoms with Crippen molar-refractivity contribution < 1.29 is 0 Å². The van der Waals surface area contributed by atoms with E-state index in [4.69, 9.17) is 5.26 Å². The molecule has 2 heterocycles. The lowest BCUT2D eigenvalue weighted by Crippen LogP contribution is -2.23. The Bertz CT molecular complexity index is 388. The number of anilines is 1. The summed E-state index contributed by atoms with van der Waals surface area (Å²) in [5.74, 6) is 0.797. The van der Waals surface area contributed by atoms with Gasteiger partial charge in [-0.25, -0.2) is 9.99 Å². The highest BCUT2D eigenvalue weighted by Crippen LogP contribution is 2.19. The van der Waals surface area contributed by atoms with Crippen LogP contribution in [0.2, 0.25) is 0 Å². The number of hydrogen-bond acceptors (Lipinski definition) is 4. The minimum absolute atomic E-state index is 0.357. The van der Waals surface area contributed by atoms with Crippen LogP contribution in [0.3, 0.4) is 0 Å². The Labute approximate surface area is 82.5 Å². The number of pyridine rings is 1. The van der Waals surface area contributed by atoms with Crippen LogP contribution >= 0.6 is 0 Å². The highest BCUT2D eigenvalue weighted by molar-refractivity contribution is 5.65. The molecule has 1 aliphatic rings. The fourth-order valence-corrected chi connectivity index (χ4v) is 1.37. The SMILES string of the molecule is CC1CC=NN1c1ccc(C#N)cn1. The number of nitriles is 1. The first-order chi connectivity index (χ1) is 6.81. The van der Waals surface area contributed by atoms with Crippen LogP contribution in [0, 0.1) is 11.3 Å². The van der Waals surface area contributed by atoms with E-state index < -0.39 is 0 Å². The van der Waals surface area contributed by atoms with Crippen LogP contribution in [0.25, 0.3) is 0 Å². The molecular formula is C10H10N4. The summed E-state index contributed by atoms with van der Waals surface area (Å²) >= 11 is 0. The summed E-state index contributed by atoms with van der Waals surface area (Å²) < 4.78 is 0. The maximum atomic E-state index is 8.61. The largest absolute Gasteiger partial charge is 0.245 e. The molecule has 14 heavy (non-hydrogen) atoms. The summed E-state index contributed by atoms with van der Waals surface area (Å²) in [7, 11) is 0. The third-order valence-corrected chi connectivity index (χ3v) is 2.18. The lowest BCUT2D eigenvalue weighted by Gasteiger charge is -2.18. The highest BCUT2D eigenvalue weighted by atomic mass is 15.5. The van der Waals surface area contributed by atoms with E-state index in [1.165, 1.54) is 0 Å². The number of rotatable bonds is 1. The lowest BCUT2D eigenvalue weighted by molar-refractivity contribution is 0.714. The van der Waals surface area contributed by atoms with Crippen LogP contribution < -0.4 is 5.01 Å². The van der Waals surface area contributed by atoms with Crippen LogP contribution in [0.4, 0.5) is 5.82 Å². The second kappa shape index (κ2) is 3.46. The Morgan fingerprint density at radius 1 is 1.57 bits per heavy atom. The summed E-state index contributed by atoms with van der Waals surface area (Å²) in [5.41, 5.74) is 0.574. The van der Waals surface area contributed by atoms with Crippen molar-refractivity contribution in [3.8, 4) is 6.07 Å². The summed E-state index contributed by atoms with van der Waals surface area (Å²) in [4.78, 5) is 4.17. The number of aromatic nitrogens is 1. The molecule has 2 rings (SSSR count). The smallest absolute Gasteiger partial charge is 0.149 e. The third kappa shape index (κ3) is 1.44. The molecular weight excluding hydrogens is 176 g/mol. The zero-order valence-corrected chi connectivity index (χ0v) is 7.88. The van der Waals surface area contributed by atoms with Gasteiger partial charge in [0.15, 0.2) is 0 Å². The van der Waals surface area contributed by atoms with Gasteiger partial charge >= 0.3 is 0 Å². The van der Waals surface area contributed by atoms with Crippen molar-refractivity contribution in [2.45, 2.75) is 19.4 Å². The van der Waals surface area contributed by atoms with Gasteiger partial charge in [-0.15, -0.1) is 0 Å². The van der Waals surface area contributed by atoms with Crippen LogP contribution in [0.1, 0.15) is 18.9 Å². The molecule has 0 amide bonds. The second-order valence-corrected chi connectivity index (χ2v) is 3.24. The third-order valence-electron chi connectivity index (χ3n) is 2.18. The maximum Gasteiger partial charge on any atom is 0.149 e. The van der Waals surface area contributed by atoms with Gasteiger partial charge in [-0.1, -0.05) is 0 Å². The number of nitrogens with zero attached hydrogens (tertiary/aromatic N) is 4. The molecule has 0 spiro atoms. The van der Waals surface area contributed by atoms with Gasteiger partial charge < -0.3 is 0 Å². The fraction of sp³-hybridized carbons (Fsp3) is 0.300. The minimum Gasteiger partial charge on any atom is -0.245 e. The van der Waals surface area contributed by atoms with E-state index in [1.807, 2.05) is 23.4 Å². The molecule has 0 N–H and O–H groups in total. The number of hydrogen-bond donors (Lipinski definition) is 0. The molecule has 4 nitrogen and oxygen atoms in total. The molecule has 1 aliphatic heterocycles. The first-order valence-electron chi connectivity index (χ1n) is 4.49. The van der Waals surface area contributed by atoms with Gasteiger partial charge in [-0.3, -0.25) is 0 Å². The van der Waals surface area contributed by atoms with Crippen molar-refractivity contribution in [2.24, 2.45) is 5.10 Å². The Kier molecular flexibility index (Phi) is 2.15. The minimum atomic E-state index is 0.357. The van der Waals surface area contributed by atoms with Crippen molar-refractivity contribution in [1.29, 1.82) is 5.26 Å². The van der Waals surface area contributed by atoms with Gasteiger partial charge in [-0.2, -0.15) is 10.4 Å². The zero-order chi connectivity index (χ0) is 9.97. The first-order valence-corrected chi connectivity index (χ1v) is 4.49. The average molecular weight is 186 g/mol. The highest BCUT2D eigenvalue weighted by Gasteiger charge is 2.18. The van der Waals surface area contributed by atoms with Gasteiger partial charge in [0.1, 0.15) is 11.9 Å². The Balaban J connectivity index is 2.25. The van der Waals surface area contributed by atoms with E-state index in [9.17, 15) is 0 Å². The van der Waals surface area contributed by atoms with Crippen molar-refractivity contribution in [3.05, 3.63) is 23.9 Å². The van der Waals surface area contributed by atoms with Gasteiger partial charge in [-0.05, 0) is 19.1 Å². The summed E-state index contributed by atoms with van der Waals surface area (Å²) in [6, 6.07) is 5.96. The lowest BCUT2D eigenvalue weighted by atomic mass is 10.2. The van der Waals surface area contributed by atoms with Crippen molar-refractivity contribution >= 4 is 12.0 Å². The molecule has 0 aromatic carbocycles. The van der Waals surface area contributed by atoms with E-state index in [2.05, 4.69) is 17.0 Å². The molecule has 1 aromatic heterocycles.